The third-order valence-electron chi connectivity index (χ3n) is 6.67. The van der Waals surface area contributed by atoms with Crippen LogP contribution in [0.3, 0.4) is 0 Å². The molecule has 0 radical (unpaired) electrons. The van der Waals surface area contributed by atoms with E-state index in [9.17, 15) is 0 Å². The Bertz CT molecular complexity index is 719. The number of halogens is 1. The zero-order valence-corrected chi connectivity index (χ0v) is 19.2. The smallest absolute Gasteiger partial charge is 0.183 e. The van der Waals surface area contributed by atoms with E-state index >= 15 is 0 Å². The highest BCUT2D eigenvalue weighted by molar-refractivity contribution is 6.20. The standard InChI is InChI=1S/C24H38ClN5O/c25-24(27-19-11-5-2-6-12-19)29-22(16-15-18-9-3-1-4-10-18)30(26)17-23-28-20-13-7-8-14-21(20)31-23/h1,3,7,11,13,18,22-24,27-29H,2,4-6,8-10,12,14-17,26H2. The van der Waals surface area contributed by atoms with Gasteiger partial charge in [-0.2, -0.15) is 0 Å². The van der Waals surface area contributed by atoms with Gasteiger partial charge in [-0.1, -0.05) is 35.9 Å². The number of allylic oxidation sites excluding steroid dienone is 7. The van der Waals surface area contributed by atoms with E-state index in [2.05, 4.69) is 46.3 Å². The molecule has 1 heterocycles. The van der Waals surface area contributed by atoms with Gasteiger partial charge in [-0.25, -0.2) is 5.01 Å². The van der Waals surface area contributed by atoms with Crippen LogP contribution in [0.25, 0.3) is 0 Å². The lowest BCUT2D eigenvalue weighted by molar-refractivity contribution is 0.0454. The molecule has 0 aromatic heterocycles. The molecule has 4 unspecified atom stereocenters. The fourth-order valence-electron chi connectivity index (χ4n) is 4.87. The zero-order valence-electron chi connectivity index (χ0n) is 18.5. The van der Waals surface area contributed by atoms with Gasteiger partial charge in [-0.15, -0.1) is 0 Å². The number of hydrazine groups is 1. The largest absolute Gasteiger partial charge is 0.471 e. The highest BCUT2D eigenvalue weighted by Crippen LogP contribution is 2.27. The number of ether oxygens (including phenoxy) is 1. The Kier molecular flexibility index (Phi) is 8.36. The molecule has 6 nitrogen and oxygen atoms in total. The molecule has 4 atom stereocenters. The molecule has 0 bridgehead atoms. The summed E-state index contributed by atoms with van der Waals surface area (Å²) in [6, 6.07) is 0. The molecular weight excluding hydrogens is 410 g/mol. The molecule has 172 valence electrons. The van der Waals surface area contributed by atoms with Gasteiger partial charge in [0, 0.05) is 12.1 Å². The molecule has 0 aromatic carbocycles. The van der Waals surface area contributed by atoms with Crippen molar-refractivity contribution in [3.05, 3.63) is 47.5 Å². The SMILES string of the molecule is NN(CC1NC2=C(CCC=C2)O1)C(CCC1CC=CCC1)NC(Cl)NC1=CCCCC1. The van der Waals surface area contributed by atoms with E-state index in [1.54, 1.807) is 0 Å². The summed E-state index contributed by atoms with van der Waals surface area (Å²) >= 11 is 6.67. The second kappa shape index (κ2) is 11.4. The van der Waals surface area contributed by atoms with Gasteiger partial charge in [0.05, 0.1) is 18.4 Å². The van der Waals surface area contributed by atoms with Crippen molar-refractivity contribution in [1.82, 2.24) is 21.0 Å². The third-order valence-corrected chi connectivity index (χ3v) is 6.90. The van der Waals surface area contributed by atoms with Crippen molar-refractivity contribution in [2.45, 2.75) is 88.6 Å². The lowest BCUT2D eigenvalue weighted by Crippen LogP contribution is -2.57. The summed E-state index contributed by atoms with van der Waals surface area (Å²) in [5.74, 6) is 8.37. The maximum Gasteiger partial charge on any atom is 0.183 e. The van der Waals surface area contributed by atoms with Gasteiger partial charge < -0.3 is 15.4 Å². The van der Waals surface area contributed by atoms with Crippen molar-refractivity contribution in [3.8, 4) is 0 Å². The highest BCUT2D eigenvalue weighted by Gasteiger charge is 2.29. The van der Waals surface area contributed by atoms with Crippen molar-refractivity contribution in [2.75, 3.05) is 6.54 Å². The molecular formula is C24H38ClN5O. The van der Waals surface area contributed by atoms with Gasteiger partial charge in [-0.3, -0.25) is 11.2 Å². The average molecular weight is 448 g/mol. The monoisotopic (exact) mass is 447 g/mol. The van der Waals surface area contributed by atoms with Gasteiger partial charge in [-0.05, 0) is 76.2 Å². The van der Waals surface area contributed by atoms with Crippen LogP contribution in [0.4, 0.5) is 0 Å². The summed E-state index contributed by atoms with van der Waals surface area (Å²) in [6.07, 6.45) is 23.4. The number of nitrogens with two attached hydrogens (primary N) is 1. The molecule has 5 N–H and O–H groups in total. The lowest BCUT2D eigenvalue weighted by atomic mass is 9.90. The molecule has 0 aromatic rings. The molecule has 3 aliphatic carbocycles. The maximum atomic E-state index is 6.67. The maximum absolute atomic E-state index is 6.67. The summed E-state index contributed by atoms with van der Waals surface area (Å²) < 4.78 is 6.11. The van der Waals surface area contributed by atoms with Crippen LogP contribution < -0.4 is 21.8 Å². The minimum Gasteiger partial charge on any atom is -0.471 e. The van der Waals surface area contributed by atoms with Gasteiger partial charge in [0.1, 0.15) is 5.76 Å². The number of hydrogen-bond donors (Lipinski definition) is 4. The number of hydrogen-bond acceptors (Lipinski definition) is 6. The van der Waals surface area contributed by atoms with Gasteiger partial charge in [0.2, 0.25) is 0 Å². The van der Waals surface area contributed by atoms with E-state index in [-0.39, 0.29) is 18.0 Å². The molecule has 0 amide bonds. The van der Waals surface area contributed by atoms with Gasteiger partial charge in [0.25, 0.3) is 0 Å². The van der Waals surface area contributed by atoms with Crippen molar-refractivity contribution < 1.29 is 4.74 Å². The van der Waals surface area contributed by atoms with E-state index in [0.29, 0.717) is 6.54 Å². The van der Waals surface area contributed by atoms with Crippen LogP contribution in [0.2, 0.25) is 0 Å². The minimum atomic E-state index is -0.349. The molecule has 4 aliphatic rings. The van der Waals surface area contributed by atoms with Crippen molar-refractivity contribution in [3.63, 3.8) is 0 Å². The minimum absolute atomic E-state index is 0.0244. The molecule has 0 saturated heterocycles. The molecule has 0 saturated carbocycles. The number of nitrogens with zero attached hydrogens (tertiary/aromatic N) is 1. The second-order valence-electron chi connectivity index (χ2n) is 9.12. The topological polar surface area (TPSA) is 74.6 Å². The molecule has 7 heteroatoms. The zero-order chi connectivity index (χ0) is 21.5. The quantitative estimate of drug-likeness (QED) is 0.0999. The average Bonchev–Trinajstić information content (AvgIpc) is 3.20. The predicted octanol–water partition coefficient (Wildman–Crippen LogP) is 4.29. The van der Waals surface area contributed by atoms with E-state index in [1.807, 2.05) is 5.01 Å². The summed E-state index contributed by atoms with van der Waals surface area (Å²) in [5.41, 5.74) is 1.99. The number of alkyl halides is 1. The molecule has 31 heavy (non-hydrogen) atoms. The fraction of sp³-hybridized carbons (Fsp3) is 0.667. The van der Waals surface area contributed by atoms with E-state index in [0.717, 1.165) is 55.9 Å². The van der Waals surface area contributed by atoms with E-state index in [1.165, 1.54) is 37.8 Å². The lowest BCUT2D eigenvalue weighted by Gasteiger charge is -2.33. The Morgan fingerprint density at radius 2 is 2.13 bits per heavy atom. The first kappa shape index (κ1) is 22.7. The first-order valence-electron chi connectivity index (χ1n) is 12.0. The molecule has 4 rings (SSSR count). The second-order valence-corrected chi connectivity index (χ2v) is 9.55. The normalized spacial score (nSPS) is 27.4. The first-order chi connectivity index (χ1) is 15.2. The Hall–Kier alpha value is -1.47. The molecule has 0 spiro atoms. The molecule has 1 aliphatic heterocycles. The number of nitrogens with one attached hydrogen (secondary N) is 3. The van der Waals surface area contributed by atoms with Gasteiger partial charge in [0.15, 0.2) is 11.9 Å². The Morgan fingerprint density at radius 1 is 1.19 bits per heavy atom. The summed E-state index contributed by atoms with van der Waals surface area (Å²) in [6.45, 7) is 0.593. The van der Waals surface area contributed by atoms with E-state index < -0.39 is 0 Å². The Labute approximate surface area is 191 Å². The van der Waals surface area contributed by atoms with E-state index in [4.69, 9.17) is 22.2 Å². The fourth-order valence-corrected chi connectivity index (χ4v) is 5.16. The van der Waals surface area contributed by atoms with Crippen LogP contribution in [-0.4, -0.2) is 29.6 Å². The van der Waals surface area contributed by atoms with Crippen molar-refractivity contribution in [1.29, 1.82) is 0 Å². The van der Waals surface area contributed by atoms with Crippen LogP contribution in [0, 0.1) is 5.92 Å². The van der Waals surface area contributed by atoms with Crippen LogP contribution in [0.5, 0.6) is 0 Å². The summed E-state index contributed by atoms with van der Waals surface area (Å²) in [4.78, 5) is 0. The first-order valence-corrected chi connectivity index (χ1v) is 12.5. The highest BCUT2D eigenvalue weighted by atomic mass is 35.5. The number of rotatable bonds is 10. The van der Waals surface area contributed by atoms with Crippen LogP contribution in [0.15, 0.2) is 47.5 Å². The predicted molar refractivity (Wildman–Crippen MR) is 126 cm³/mol. The Balaban J connectivity index is 1.32. The Morgan fingerprint density at radius 3 is 2.90 bits per heavy atom. The molecule has 0 fully saturated rings. The van der Waals surface area contributed by atoms with Crippen LogP contribution in [-0.2, 0) is 4.74 Å². The van der Waals surface area contributed by atoms with Crippen LogP contribution in [0.1, 0.15) is 70.6 Å². The summed E-state index contributed by atoms with van der Waals surface area (Å²) in [7, 11) is 0. The van der Waals surface area contributed by atoms with Crippen LogP contribution >= 0.6 is 11.6 Å². The van der Waals surface area contributed by atoms with Crippen molar-refractivity contribution >= 4 is 11.6 Å². The summed E-state index contributed by atoms with van der Waals surface area (Å²) in [5, 5.41) is 12.3. The van der Waals surface area contributed by atoms with Gasteiger partial charge >= 0.3 is 0 Å². The third kappa shape index (κ3) is 6.75. The van der Waals surface area contributed by atoms with Crippen molar-refractivity contribution in [2.24, 2.45) is 11.8 Å².